The molecule has 0 aliphatic rings. The summed E-state index contributed by atoms with van der Waals surface area (Å²) >= 11 is 0. The van der Waals surface area contributed by atoms with Crippen LogP contribution < -0.4 is 10.5 Å². The van der Waals surface area contributed by atoms with E-state index in [0.29, 0.717) is 0 Å². The SMILES string of the molecule is COc1cc(C)cc(C)c1C(N)c1ccc(F)cc1C. The maximum absolute atomic E-state index is 13.2. The van der Waals surface area contributed by atoms with E-state index in [9.17, 15) is 4.39 Å². The number of aryl methyl sites for hydroxylation is 3. The Balaban J connectivity index is 2.55. The molecule has 1 atom stereocenters. The minimum atomic E-state index is -0.328. The van der Waals surface area contributed by atoms with Crippen molar-refractivity contribution in [3.63, 3.8) is 0 Å². The Bertz CT molecular complexity index is 637. The summed E-state index contributed by atoms with van der Waals surface area (Å²) in [5.74, 6) is 0.532. The molecule has 0 fully saturated rings. The lowest BCUT2D eigenvalue weighted by Crippen LogP contribution is -2.16. The van der Waals surface area contributed by atoms with E-state index in [1.165, 1.54) is 12.1 Å². The Morgan fingerprint density at radius 3 is 2.35 bits per heavy atom. The summed E-state index contributed by atoms with van der Waals surface area (Å²) in [7, 11) is 1.64. The molecule has 106 valence electrons. The summed E-state index contributed by atoms with van der Waals surface area (Å²) < 4.78 is 18.7. The highest BCUT2D eigenvalue weighted by Gasteiger charge is 2.19. The normalized spacial score (nSPS) is 12.3. The Hall–Kier alpha value is -1.87. The number of nitrogens with two attached hydrogens (primary N) is 1. The molecule has 3 heteroatoms. The summed E-state index contributed by atoms with van der Waals surface area (Å²) in [6.45, 7) is 5.91. The van der Waals surface area contributed by atoms with Crippen molar-refractivity contribution >= 4 is 0 Å². The third-order valence-corrected chi connectivity index (χ3v) is 3.59. The molecule has 1 unspecified atom stereocenters. The van der Waals surface area contributed by atoms with Gasteiger partial charge in [0.15, 0.2) is 0 Å². The molecule has 0 bridgehead atoms. The third kappa shape index (κ3) is 2.68. The molecule has 2 aromatic rings. The van der Waals surface area contributed by atoms with Crippen LogP contribution in [0.2, 0.25) is 0 Å². The number of hydrogen-bond donors (Lipinski definition) is 1. The number of halogens is 1. The first-order valence-corrected chi connectivity index (χ1v) is 6.60. The van der Waals surface area contributed by atoms with Gasteiger partial charge < -0.3 is 10.5 Å². The molecule has 0 saturated carbocycles. The minimum absolute atomic E-state index is 0.244. The van der Waals surface area contributed by atoms with Crippen molar-refractivity contribution in [3.05, 3.63) is 64.0 Å². The van der Waals surface area contributed by atoms with Gasteiger partial charge in [-0.05, 0) is 61.2 Å². The Morgan fingerprint density at radius 2 is 1.75 bits per heavy atom. The molecule has 0 heterocycles. The number of hydrogen-bond acceptors (Lipinski definition) is 2. The first-order valence-electron chi connectivity index (χ1n) is 6.60. The molecule has 2 aromatic carbocycles. The van der Waals surface area contributed by atoms with Crippen molar-refractivity contribution in [2.75, 3.05) is 7.11 Å². The van der Waals surface area contributed by atoms with E-state index in [1.54, 1.807) is 13.2 Å². The number of rotatable bonds is 3. The van der Waals surface area contributed by atoms with Gasteiger partial charge in [-0.3, -0.25) is 0 Å². The molecule has 0 saturated heterocycles. The van der Waals surface area contributed by atoms with Crippen LogP contribution in [0.1, 0.15) is 33.9 Å². The number of benzene rings is 2. The molecule has 0 amide bonds. The fourth-order valence-corrected chi connectivity index (χ4v) is 2.65. The van der Waals surface area contributed by atoms with Crippen LogP contribution in [0.3, 0.4) is 0 Å². The van der Waals surface area contributed by atoms with E-state index < -0.39 is 0 Å². The van der Waals surface area contributed by atoms with E-state index >= 15 is 0 Å². The average Bonchev–Trinajstić information content (AvgIpc) is 2.37. The average molecular weight is 273 g/mol. The zero-order chi connectivity index (χ0) is 14.9. The molecule has 20 heavy (non-hydrogen) atoms. The zero-order valence-electron chi connectivity index (χ0n) is 12.3. The smallest absolute Gasteiger partial charge is 0.124 e. The van der Waals surface area contributed by atoms with Crippen LogP contribution in [0.15, 0.2) is 30.3 Å². The van der Waals surface area contributed by atoms with Crippen molar-refractivity contribution in [2.24, 2.45) is 5.73 Å². The Morgan fingerprint density at radius 1 is 1.05 bits per heavy atom. The summed E-state index contributed by atoms with van der Waals surface area (Å²) in [6.07, 6.45) is 0. The number of ether oxygens (including phenoxy) is 1. The van der Waals surface area contributed by atoms with Crippen LogP contribution in [-0.4, -0.2) is 7.11 Å². The maximum atomic E-state index is 13.2. The molecule has 2 nitrogen and oxygen atoms in total. The van der Waals surface area contributed by atoms with Crippen LogP contribution in [0.5, 0.6) is 5.75 Å². The second kappa shape index (κ2) is 5.63. The van der Waals surface area contributed by atoms with Gasteiger partial charge in [0.25, 0.3) is 0 Å². The Labute approximate surface area is 119 Å². The van der Waals surface area contributed by atoms with Gasteiger partial charge in [0, 0.05) is 5.56 Å². The highest BCUT2D eigenvalue weighted by molar-refractivity contribution is 5.49. The van der Waals surface area contributed by atoms with Crippen LogP contribution >= 0.6 is 0 Å². The summed E-state index contributed by atoms with van der Waals surface area (Å²) in [5, 5.41) is 0. The second-order valence-electron chi connectivity index (χ2n) is 5.18. The van der Waals surface area contributed by atoms with E-state index in [4.69, 9.17) is 10.5 Å². The molecule has 0 aliphatic carbocycles. The fraction of sp³-hybridized carbons (Fsp3) is 0.294. The van der Waals surface area contributed by atoms with Crippen molar-refractivity contribution < 1.29 is 9.13 Å². The van der Waals surface area contributed by atoms with E-state index in [-0.39, 0.29) is 11.9 Å². The molecular weight excluding hydrogens is 253 g/mol. The fourth-order valence-electron chi connectivity index (χ4n) is 2.65. The topological polar surface area (TPSA) is 35.2 Å². The zero-order valence-corrected chi connectivity index (χ0v) is 12.3. The molecule has 0 radical (unpaired) electrons. The first-order chi connectivity index (χ1) is 9.43. The van der Waals surface area contributed by atoms with Gasteiger partial charge in [-0.25, -0.2) is 4.39 Å². The van der Waals surface area contributed by atoms with Gasteiger partial charge in [0.05, 0.1) is 13.2 Å². The quantitative estimate of drug-likeness (QED) is 0.923. The molecule has 0 spiro atoms. The molecule has 0 aromatic heterocycles. The predicted molar refractivity (Wildman–Crippen MR) is 79.6 cm³/mol. The predicted octanol–water partition coefficient (Wildman–Crippen LogP) is 3.81. The monoisotopic (exact) mass is 273 g/mol. The van der Waals surface area contributed by atoms with E-state index in [2.05, 4.69) is 6.07 Å². The molecular formula is C17H20FNO. The van der Waals surface area contributed by atoms with Crippen molar-refractivity contribution in [2.45, 2.75) is 26.8 Å². The van der Waals surface area contributed by atoms with Crippen molar-refractivity contribution in [1.82, 2.24) is 0 Å². The van der Waals surface area contributed by atoms with Gasteiger partial charge in [0.1, 0.15) is 11.6 Å². The molecule has 2 rings (SSSR count). The largest absolute Gasteiger partial charge is 0.496 e. The molecule has 0 aliphatic heterocycles. The standard InChI is InChI=1S/C17H20FNO/c1-10-7-12(3)16(15(8-10)20-4)17(19)14-6-5-13(18)9-11(14)2/h5-9,17H,19H2,1-4H3. The highest BCUT2D eigenvalue weighted by Crippen LogP contribution is 2.33. The lowest BCUT2D eigenvalue weighted by atomic mass is 9.91. The van der Waals surface area contributed by atoms with Crippen LogP contribution in [-0.2, 0) is 0 Å². The summed E-state index contributed by atoms with van der Waals surface area (Å²) in [6, 6.07) is 8.42. The lowest BCUT2D eigenvalue weighted by Gasteiger charge is -2.21. The van der Waals surface area contributed by atoms with Crippen LogP contribution in [0.4, 0.5) is 4.39 Å². The van der Waals surface area contributed by atoms with Crippen LogP contribution in [0.25, 0.3) is 0 Å². The van der Waals surface area contributed by atoms with Crippen LogP contribution in [0, 0.1) is 26.6 Å². The van der Waals surface area contributed by atoms with Gasteiger partial charge in [-0.2, -0.15) is 0 Å². The lowest BCUT2D eigenvalue weighted by molar-refractivity contribution is 0.407. The van der Waals surface area contributed by atoms with E-state index in [0.717, 1.165) is 33.6 Å². The maximum Gasteiger partial charge on any atom is 0.124 e. The highest BCUT2D eigenvalue weighted by atomic mass is 19.1. The van der Waals surface area contributed by atoms with Gasteiger partial charge in [-0.1, -0.05) is 12.1 Å². The van der Waals surface area contributed by atoms with Crippen molar-refractivity contribution in [1.29, 1.82) is 0 Å². The first kappa shape index (κ1) is 14.5. The van der Waals surface area contributed by atoms with Gasteiger partial charge in [-0.15, -0.1) is 0 Å². The molecule has 2 N–H and O–H groups in total. The third-order valence-electron chi connectivity index (χ3n) is 3.59. The summed E-state index contributed by atoms with van der Waals surface area (Å²) in [4.78, 5) is 0. The summed E-state index contributed by atoms with van der Waals surface area (Å²) in [5.41, 5.74) is 11.3. The van der Waals surface area contributed by atoms with Crippen molar-refractivity contribution in [3.8, 4) is 5.75 Å². The Kier molecular flexibility index (Phi) is 4.09. The minimum Gasteiger partial charge on any atom is -0.496 e. The van der Waals surface area contributed by atoms with Gasteiger partial charge in [0.2, 0.25) is 0 Å². The second-order valence-corrected chi connectivity index (χ2v) is 5.18. The number of methoxy groups -OCH3 is 1. The van der Waals surface area contributed by atoms with E-state index in [1.807, 2.05) is 26.8 Å². The van der Waals surface area contributed by atoms with Gasteiger partial charge >= 0.3 is 0 Å².